The minimum absolute atomic E-state index is 0.0314. The number of ketones is 1. The summed E-state index contributed by atoms with van der Waals surface area (Å²) in [5.74, 6) is -0.309. The second-order valence-corrected chi connectivity index (χ2v) is 10.9. The summed E-state index contributed by atoms with van der Waals surface area (Å²) in [7, 11) is 4.52. The van der Waals surface area contributed by atoms with Gasteiger partial charge in [0.25, 0.3) is 0 Å². The number of benzene rings is 2. The first-order valence-electron chi connectivity index (χ1n) is 14.2. The SMILES string of the molecule is COC(=O)c1ccc([C@H]2C(C(=O)OC3CCCCC3)=C(C)NC3=C2C(=O)C[C@H](c2ccc(OC)c(OC)c2)C3)cc1. The van der Waals surface area contributed by atoms with Gasteiger partial charge in [0.15, 0.2) is 17.3 Å². The van der Waals surface area contributed by atoms with Crippen molar-refractivity contribution in [1.82, 2.24) is 5.32 Å². The minimum Gasteiger partial charge on any atom is -0.493 e. The Labute approximate surface area is 240 Å². The van der Waals surface area contributed by atoms with E-state index in [4.69, 9.17) is 18.9 Å². The third-order valence-electron chi connectivity index (χ3n) is 8.42. The Hall–Kier alpha value is -4.07. The van der Waals surface area contributed by atoms with Crippen LogP contribution in [0, 0.1) is 0 Å². The van der Waals surface area contributed by atoms with Crippen molar-refractivity contribution >= 4 is 17.7 Å². The highest BCUT2D eigenvalue weighted by Crippen LogP contribution is 2.46. The predicted octanol–water partition coefficient (Wildman–Crippen LogP) is 5.73. The van der Waals surface area contributed by atoms with Crippen LogP contribution in [-0.4, -0.2) is 45.2 Å². The molecule has 8 nitrogen and oxygen atoms in total. The Balaban J connectivity index is 1.52. The topological polar surface area (TPSA) is 100 Å². The van der Waals surface area contributed by atoms with E-state index in [1.54, 1.807) is 38.5 Å². The van der Waals surface area contributed by atoms with Gasteiger partial charge in [-0.05, 0) is 80.3 Å². The number of carbonyl (C=O) groups excluding carboxylic acids is 3. The highest BCUT2D eigenvalue weighted by Gasteiger charge is 2.42. The van der Waals surface area contributed by atoms with Crippen LogP contribution < -0.4 is 14.8 Å². The van der Waals surface area contributed by atoms with Crippen molar-refractivity contribution in [2.24, 2.45) is 0 Å². The second-order valence-electron chi connectivity index (χ2n) is 10.9. The van der Waals surface area contributed by atoms with Gasteiger partial charge in [-0.2, -0.15) is 0 Å². The van der Waals surface area contributed by atoms with Gasteiger partial charge in [0.1, 0.15) is 6.10 Å². The standard InChI is InChI=1S/C33H37NO7/c1-19-29(33(37)41-24-8-6-5-7-9-24)30(20-10-12-21(13-11-20)32(36)40-4)31-25(34-19)16-23(17-26(31)35)22-14-15-27(38-2)28(18-22)39-3/h10-15,18,23-24,30,34H,5-9,16-17H2,1-4H3/t23-,30+/m1/s1. The lowest BCUT2D eigenvalue weighted by atomic mass is 9.71. The maximum absolute atomic E-state index is 14.0. The van der Waals surface area contributed by atoms with E-state index >= 15 is 0 Å². The first-order chi connectivity index (χ1) is 19.8. The van der Waals surface area contributed by atoms with Crippen LogP contribution in [0.1, 0.15) is 85.2 Å². The molecule has 0 spiro atoms. The summed E-state index contributed by atoms with van der Waals surface area (Å²) in [4.78, 5) is 39.8. The molecule has 3 aliphatic rings. The van der Waals surface area contributed by atoms with E-state index in [-0.39, 0.29) is 24.2 Å². The number of nitrogens with one attached hydrogen (secondary N) is 1. The van der Waals surface area contributed by atoms with Crippen molar-refractivity contribution in [3.05, 3.63) is 81.7 Å². The molecule has 0 saturated heterocycles. The van der Waals surface area contributed by atoms with Crippen LogP contribution in [0.5, 0.6) is 11.5 Å². The highest BCUT2D eigenvalue weighted by atomic mass is 16.5. The van der Waals surface area contributed by atoms with Crippen molar-refractivity contribution in [1.29, 1.82) is 0 Å². The van der Waals surface area contributed by atoms with Crippen LogP contribution in [0.25, 0.3) is 0 Å². The summed E-state index contributed by atoms with van der Waals surface area (Å²) in [5, 5.41) is 3.41. The molecule has 2 aromatic rings. The number of allylic oxidation sites excluding steroid dienone is 3. The molecule has 1 aliphatic heterocycles. The zero-order valence-electron chi connectivity index (χ0n) is 24.1. The van der Waals surface area contributed by atoms with Gasteiger partial charge in [-0.3, -0.25) is 4.79 Å². The van der Waals surface area contributed by atoms with Gasteiger partial charge in [-0.25, -0.2) is 9.59 Å². The number of Topliss-reactive ketones (excluding diaryl/α,β-unsaturated/α-hetero) is 1. The number of hydrogen-bond acceptors (Lipinski definition) is 8. The molecule has 1 saturated carbocycles. The molecule has 1 fully saturated rings. The molecular weight excluding hydrogens is 522 g/mol. The quantitative estimate of drug-likeness (QED) is 0.430. The first kappa shape index (κ1) is 28.5. The highest BCUT2D eigenvalue weighted by molar-refractivity contribution is 6.04. The Kier molecular flexibility index (Phi) is 8.47. The van der Waals surface area contributed by atoms with E-state index in [1.807, 2.05) is 25.1 Å². The smallest absolute Gasteiger partial charge is 0.337 e. The number of esters is 2. The molecule has 1 N–H and O–H groups in total. The minimum atomic E-state index is -0.604. The van der Waals surface area contributed by atoms with Crippen molar-refractivity contribution in [2.75, 3.05) is 21.3 Å². The predicted molar refractivity (Wildman–Crippen MR) is 153 cm³/mol. The average molecular weight is 560 g/mol. The van der Waals surface area contributed by atoms with E-state index < -0.39 is 17.9 Å². The van der Waals surface area contributed by atoms with Crippen molar-refractivity contribution < 1.29 is 33.3 Å². The lowest BCUT2D eigenvalue weighted by Crippen LogP contribution is -2.37. The summed E-state index contributed by atoms with van der Waals surface area (Å²) < 4.78 is 21.8. The number of hydrogen-bond donors (Lipinski definition) is 1. The Bertz CT molecular complexity index is 1400. The largest absolute Gasteiger partial charge is 0.493 e. The summed E-state index contributed by atoms with van der Waals surface area (Å²) in [6.45, 7) is 1.86. The van der Waals surface area contributed by atoms with E-state index in [0.717, 1.165) is 48.9 Å². The van der Waals surface area contributed by atoms with Crippen LogP contribution in [0.3, 0.4) is 0 Å². The molecule has 216 valence electrons. The number of methoxy groups -OCH3 is 3. The average Bonchev–Trinajstić information content (AvgIpc) is 3.00. The fourth-order valence-electron chi connectivity index (χ4n) is 6.31. The summed E-state index contributed by atoms with van der Waals surface area (Å²) in [5.41, 5.74) is 4.62. The monoisotopic (exact) mass is 559 g/mol. The van der Waals surface area contributed by atoms with Crippen LogP contribution in [-0.2, 0) is 19.1 Å². The molecule has 0 bridgehead atoms. The molecule has 41 heavy (non-hydrogen) atoms. The Morgan fingerprint density at radius 1 is 0.829 bits per heavy atom. The maximum atomic E-state index is 14.0. The number of rotatable bonds is 7. The number of dihydropyridines is 1. The lowest BCUT2D eigenvalue weighted by Gasteiger charge is -2.37. The van der Waals surface area contributed by atoms with Gasteiger partial charge in [0, 0.05) is 29.3 Å². The molecule has 0 unspecified atom stereocenters. The number of ether oxygens (including phenoxy) is 4. The van der Waals surface area contributed by atoms with Crippen molar-refractivity contribution in [3.63, 3.8) is 0 Å². The molecule has 2 aliphatic carbocycles. The van der Waals surface area contributed by atoms with Crippen LogP contribution in [0.2, 0.25) is 0 Å². The molecule has 0 amide bonds. The zero-order valence-corrected chi connectivity index (χ0v) is 24.1. The first-order valence-corrected chi connectivity index (χ1v) is 14.2. The summed E-state index contributed by atoms with van der Waals surface area (Å²) in [6.07, 6.45) is 5.69. The van der Waals surface area contributed by atoms with Gasteiger partial charge >= 0.3 is 11.9 Å². The zero-order chi connectivity index (χ0) is 29.1. The van der Waals surface area contributed by atoms with E-state index in [0.29, 0.717) is 40.3 Å². The Morgan fingerprint density at radius 3 is 2.17 bits per heavy atom. The third kappa shape index (κ3) is 5.73. The van der Waals surface area contributed by atoms with Gasteiger partial charge < -0.3 is 24.3 Å². The van der Waals surface area contributed by atoms with Crippen LogP contribution in [0.4, 0.5) is 0 Å². The van der Waals surface area contributed by atoms with E-state index in [1.165, 1.54) is 7.11 Å². The molecule has 5 rings (SSSR count). The fraction of sp³-hybridized carbons (Fsp3) is 0.424. The Morgan fingerprint density at radius 2 is 1.51 bits per heavy atom. The molecule has 2 atom stereocenters. The van der Waals surface area contributed by atoms with Gasteiger partial charge in [-0.1, -0.05) is 24.6 Å². The number of carbonyl (C=O) groups is 3. The van der Waals surface area contributed by atoms with E-state index in [9.17, 15) is 14.4 Å². The summed E-state index contributed by atoms with van der Waals surface area (Å²) >= 11 is 0. The van der Waals surface area contributed by atoms with Gasteiger partial charge in [-0.15, -0.1) is 0 Å². The molecule has 8 heteroatoms. The van der Waals surface area contributed by atoms with E-state index in [2.05, 4.69) is 5.32 Å². The summed E-state index contributed by atoms with van der Waals surface area (Å²) in [6, 6.07) is 12.7. The second kappa shape index (κ2) is 12.2. The normalized spacial score (nSPS) is 21.1. The molecule has 2 aromatic carbocycles. The van der Waals surface area contributed by atoms with Gasteiger partial charge in [0.2, 0.25) is 0 Å². The fourth-order valence-corrected chi connectivity index (χ4v) is 6.31. The van der Waals surface area contributed by atoms with Gasteiger partial charge in [0.05, 0.1) is 32.5 Å². The molecule has 0 radical (unpaired) electrons. The molecule has 0 aromatic heterocycles. The lowest BCUT2D eigenvalue weighted by molar-refractivity contribution is -0.146. The maximum Gasteiger partial charge on any atom is 0.337 e. The van der Waals surface area contributed by atoms with Crippen molar-refractivity contribution in [3.8, 4) is 11.5 Å². The molecular formula is C33H37NO7. The third-order valence-corrected chi connectivity index (χ3v) is 8.42. The van der Waals surface area contributed by atoms with Crippen LogP contribution >= 0.6 is 0 Å². The molecule has 1 heterocycles. The van der Waals surface area contributed by atoms with Crippen LogP contribution in [0.15, 0.2) is 65.0 Å². The van der Waals surface area contributed by atoms with Crippen molar-refractivity contribution in [2.45, 2.75) is 69.8 Å².